The monoisotopic (exact) mass is 241 g/mol. The van der Waals surface area contributed by atoms with Gasteiger partial charge in [0, 0.05) is 13.1 Å². The maximum atomic E-state index is 10.6. The molecule has 1 heterocycles. The zero-order valence-corrected chi connectivity index (χ0v) is 9.78. The van der Waals surface area contributed by atoms with Crippen LogP contribution in [0, 0.1) is 0 Å². The summed E-state index contributed by atoms with van der Waals surface area (Å²) in [7, 11) is -3.81. The molecule has 0 atom stereocenters. The smallest absolute Gasteiger partial charge is 0.264 e. The predicted octanol–water partition coefficient (Wildman–Crippen LogP) is 1.28. The van der Waals surface area contributed by atoms with E-state index in [0.29, 0.717) is 13.0 Å². The Hall–Kier alpha value is -0.910. The molecule has 0 fully saturated rings. The van der Waals surface area contributed by atoms with Crippen LogP contribution >= 0.6 is 0 Å². The quantitative estimate of drug-likeness (QED) is 0.807. The summed E-state index contributed by atoms with van der Waals surface area (Å²) in [6.45, 7) is 2.46. The largest absolute Gasteiger partial charge is 0.295 e. The molecule has 0 aromatic heterocycles. The average molecular weight is 241 g/mol. The molecule has 5 heteroatoms. The maximum Gasteiger partial charge on any atom is 0.264 e. The SMILES string of the molecule is O=S(=O)(O)CCCN1Cc2ccccc2C1. The second-order valence-corrected chi connectivity index (χ2v) is 5.69. The first-order chi connectivity index (χ1) is 7.54. The van der Waals surface area contributed by atoms with Crippen molar-refractivity contribution >= 4 is 10.1 Å². The number of nitrogens with zero attached hydrogens (tertiary/aromatic N) is 1. The standard InChI is InChI=1S/C11H15NO3S/c13-16(14,15)7-3-6-12-8-10-4-1-2-5-11(10)9-12/h1-2,4-5H,3,6-9H2,(H,13,14,15). The molecule has 1 aromatic carbocycles. The molecular weight excluding hydrogens is 226 g/mol. The van der Waals surface area contributed by atoms with Crippen molar-refractivity contribution in [2.75, 3.05) is 12.3 Å². The molecule has 4 nitrogen and oxygen atoms in total. The van der Waals surface area contributed by atoms with Gasteiger partial charge in [-0.25, -0.2) is 0 Å². The Morgan fingerprint density at radius 3 is 2.25 bits per heavy atom. The Morgan fingerprint density at radius 1 is 1.19 bits per heavy atom. The minimum atomic E-state index is -3.81. The van der Waals surface area contributed by atoms with Gasteiger partial charge in [-0.05, 0) is 24.1 Å². The van der Waals surface area contributed by atoms with Gasteiger partial charge in [0.2, 0.25) is 0 Å². The van der Waals surface area contributed by atoms with E-state index in [1.807, 2.05) is 12.1 Å². The number of rotatable bonds is 4. The van der Waals surface area contributed by atoms with Crippen LogP contribution in [0.25, 0.3) is 0 Å². The highest BCUT2D eigenvalue weighted by atomic mass is 32.2. The van der Waals surface area contributed by atoms with E-state index in [2.05, 4.69) is 17.0 Å². The summed E-state index contributed by atoms with van der Waals surface area (Å²) >= 11 is 0. The lowest BCUT2D eigenvalue weighted by Crippen LogP contribution is -2.20. The number of benzene rings is 1. The fraction of sp³-hybridized carbons (Fsp3) is 0.455. The van der Waals surface area contributed by atoms with Crippen LogP contribution in [0.4, 0.5) is 0 Å². The van der Waals surface area contributed by atoms with Gasteiger partial charge in [-0.3, -0.25) is 9.45 Å². The summed E-state index contributed by atoms with van der Waals surface area (Å²) in [6, 6.07) is 8.22. The molecule has 1 aromatic rings. The Balaban J connectivity index is 1.84. The van der Waals surface area contributed by atoms with E-state index in [9.17, 15) is 8.42 Å². The first-order valence-corrected chi connectivity index (χ1v) is 6.90. The first-order valence-electron chi connectivity index (χ1n) is 5.29. The maximum absolute atomic E-state index is 10.6. The van der Waals surface area contributed by atoms with Gasteiger partial charge in [-0.1, -0.05) is 24.3 Å². The zero-order chi connectivity index (χ0) is 11.6. The topological polar surface area (TPSA) is 57.6 Å². The lowest BCUT2D eigenvalue weighted by molar-refractivity contribution is 0.284. The Morgan fingerprint density at radius 2 is 1.75 bits per heavy atom. The van der Waals surface area contributed by atoms with E-state index in [0.717, 1.165) is 13.1 Å². The Kier molecular flexibility index (Phi) is 3.28. The van der Waals surface area contributed by atoms with Gasteiger partial charge in [0.05, 0.1) is 5.75 Å². The van der Waals surface area contributed by atoms with Gasteiger partial charge in [-0.15, -0.1) is 0 Å². The highest BCUT2D eigenvalue weighted by molar-refractivity contribution is 7.85. The highest BCUT2D eigenvalue weighted by Gasteiger charge is 2.18. The second-order valence-electron chi connectivity index (χ2n) is 4.12. The molecule has 2 rings (SSSR count). The lowest BCUT2D eigenvalue weighted by Gasteiger charge is -2.13. The van der Waals surface area contributed by atoms with Crippen LogP contribution in [0.3, 0.4) is 0 Å². The third kappa shape index (κ3) is 3.04. The van der Waals surface area contributed by atoms with E-state index >= 15 is 0 Å². The van der Waals surface area contributed by atoms with Crippen LogP contribution in [0.15, 0.2) is 24.3 Å². The lowest BCUT2D eigenvalue weighted by atomic mass is 10.1. The van der Waals surface area contributed by atoms with Crippen LogP contribution in [0.1, 0.15) is 17.5 Å². The molecule has 0 saturated carbocycles. The summed E-state index contributed by atoms with van der Waals surface area (Å²) in [6.07, 6.45) is 0.479. The summed E-state index contributed by atoms with van der Waals surface area (Å²) in [5.41, 5.74) is 2.63. The summed E-state index contributed by atoms with van der Waals surface area (Å²) in [4.78, 5) is 2.19. The minimum absolute atomic E-state index is 0.153. The number of hydrogen-bond acceptors (Lipinski definition) is 3. The van der Waals surface area contributed by atoms with E-state index in [1.54, 1.807) is 0 Å². The second kappa shape index (κ2) is 4.53. The van der Waals surface area contributed by atoms with Crippen molar-refractivity contribution in [2.45, 2.75) is 19.5 Å². The third-order valence-corrected chi connectivity index (χ3v) is 3.59. The normalized spacial score (nSPS) is 16.3. The van der Waals surface area contributed by atoms with E-state index in [4.69, 9.17) is 4.55 Å². The molecular formula is C11H15NO3S. The molecule has 1 aliphatic heterocycles. The minimum Gasteiger partial charge on any atom is -0.295 e. The van der Waals surface area contributed by atoms with E-state index in [1.165, 1.54) is 11.1 Å². The molecule has 1 aliphatic rings. The molecule has 0 aliphatic carbocycles. The molecule has 88 valence electrons. The van der Waals surface area contributed by atoms with Gasteiger partial charge in [0.15, 0.2) is 0 Å². The fourth-order valence-corrected chi connectivity index (χ4v) is 2.53. The van der Waals surface area contributed by atoms with Crippen LogP contribution in [0.2, 0.25) is 0 Å². The van der Waals surface area contributed by atoms with Gasteiger partial charge in [-0.2, -0.15) is 8.42 Å². The third-order valence-electron chi connectivity index (χ3n) is 2.78. The summed E-state index contributed by atoms with van der Waals surface area (Å²) in [5.74, 6) is -0.153. The van der Waals surface area contributed by atoms with Crippen molar-refractivity contribution < 1.29 is 13.0 Å². The number of hydrogen-bond donors (Lipinski definition) is 1. The van der Waals surface area contributed by atoms with Gasteiger partial charge < -0.3 is 0 Å². The van der Waals surface area contributed by atoms with Gasteiger partial charge in [0.25, 0.3) is 10.1 Å². The van der Waals surface area contributed by atoms with Crippen molar-refractivity contribution in [1.82, 2.24) is 4.90 Å². The van der Waals surface area contributed by atoms with Crippen molar-refractivity contribution in [3.05, 3.63) is 35.4 Å². The Labute approximate surface area is 95.6 Å². The molecule has 0 saturated heterocycles. The van der Waals surface area contributed by atoms with Crippen LogP contribution in [-0.2, 0) is 23.2 Å². The molecule has 1 N–H and O–H groups in total. The molecule has 0 bridgehead atoms. The van der Waals surface area contributed by atoms with Crippen LogP contribution in [0.5, 0.6) is 0 Å². The molecule has 0 amide bonds. The molecule has 0 radical (unpaired) electrons. The number of fused-ring (bicyclic) bond motifs is 1. The van der Waals surface area contributed by atoms with Crippen molar-refractivity contribution in [3.8, 4) is 0 Å². The van der Waals surface area contributed by atoms with Gasteiger partial charge >= 0.3 is 0 Å². The van der Waals surface area contributed by atoms with Crippen LogP contribution < -0.4 is 0 Å². The summed E-state index contributed by atoms with van der Waals surface area (Å²) in [5, 5.41) is 0. The van der Waals surface area contributed by atoms with E-state index < -0.39 is 10.1 Å². The van der Waals surface area contributed by atoms with Crippen molar-refractivity contribution in [3.63, 3.8) is 0 Å². The van der Waals surface area contributed by atoms with Crippen LogP contribution in [-0.4, -0.2) is 30.2 Å². The molecule has 0 unspecified atom stereocenters. The summed E-state index contributed by atoms with van der Waals surface area (Å²) < 4.78 is 29.7. The first kappa shape index (κ1) is 11.6. The highest BCUT2D eigenvalue weighted by Crippen LogP contribution is 2.21. The zero-order valence-electron chi connectivity index (χ0n) is 8.96. The Bertz CT molecular complexity index is 445. The molecule has 16 heavy (non-hydrogen) atoms. The molecule has 0 spiro atoms. The van der Waals surface area contributed by atoms with Crippen molar-refractivity contribution in [1.29, 1.82) is 0 Å². The van der Waals surface area contributed by atoms with Crippen molar-refractivity contribution in [2.24, 2.45) is 0 Å². The fourth-order valence-electron chi connectivity index (χ4n) is 2.03. The average Bonchev–Trinajstić information content (AvgIpc) is 2.57. The van der Waals surface area contributed by atoms with E-state index in [-0.39, 0.29) is 5.75 Å². The van der Waals surface area contributed by atoms with Gasteiger partial charge in [0.1, 0.15) is 0 Å². The predicted molar refractivity (Wildman–Crippen MR) is 61.6 cm³/mol.